The Balaban J connectivity index is 1.68. The van der Waals surface area contributed by atoms with Crippen LogP contribution in [0.15, 0.2) is 48.5 Å². The molecule has 156 valence electrons. The van der Waals surface area contributed by atoms with E-state index in [9.17, 15) is 9.59 Å². The maximum atomic E-state index is 12.0. The van der Waals surface area contributed by atoms with Gasteiger partial charge in [-0.05, 0) is 62.8 Å². The van der Waals surface area contributed by atoms with Gasteiger partial charge in [-0.3, -0.25) is 4.79 Å². The summed E-state index contributed by atoms with van der Waals surface area (Å²) in [6, 6.07) is 15.1. The fraction of sp³-hybridized carbons (Fsp3) is 0.391. The minimum Gasteiger partial charge on any atom is -0.492 e. The van der Waals surface area contributed by atoms with Gasteiger partial charge in [0.2, 0.25) is 0 Å². The molecule has 0 atom stereocenters. The van der Waals surface area contributed by atoms with Gasteiger partial charge in [-0.15, -0.1) is 0 Å². The molecule has 0 aliphatic rings. The van der Waals surface area contributed by atoms with Crippen LogP contribution in [0.1, 0.15) is 24.5 Å². The summed E-state index contributed by atoms with van der Waals surface area (Å²) in [7, 11) is 4.01. The Bertz CT molecular complexity index is 770. The molecule has 0 heterocycles. The highest BCUT2D eigenvalue weighted by molar-refractivity contribution is 5.77. The van der Waals surface area contributed by atoms with Crippen LogP contribution >= 0.6 is 0 Å². The van der Waals surface area contributed by atoms with Crippen molar-refractivity contribution >= 4 is 11.7 Å². The van der Waals surface area contributed by atoms with Crippen LogP contribution < -0.4 is 14.8 Å². The van der Waals surface area contributed by atoms with Crippen LogP contribution in [0.4, 0.5) is 0 Å². The van der Waals surface area contributed by atoms with Gasteiger partial charge < -0.3 is 24.5 Å². The van der Waals surface area contributed by atoms with Gasteiger partial charge in [-0.1, -0.05) is 24.3 Å². The Morgan fingerprint density at radius 2 is 1.48 bits per heavy atom. The molecule has 6 heteroatoms. The molecule has 2 aromatic rings. The number of hydrogen-bond acceptors (Lipinski definition) is 5. The van der Waals surface area contributed by atoms with Crippen LogP contribution in [0.2, 0.25) is 0 Å². The van der Waals surface area contributed by atoms with Gasteiger partial charge in [0.15, 0.2) is 6.61 Å². The van der Waals surface area contributed by atoms with Crippen molar-refractivity contribution in [2.45, 2.75) is 26.3 Å². The van der Waals surface area contributed by atoms with Crippen molar-refractivity contribution in [3.63, 3.8) is 0 Å². The van der Waals surface area contributed by atoms with Crippen LogP contribution in [0.3, 0.4) is 0 Å². The zero-order valence-electron chi connectivity index (χ0n) is 17.4. The number of aryl methyl sites for hydroxylation is 1. The smallest absolute Gasteiger partial charge is 0.258 e. The summed E-state index contributed by atoms with van der Waals surface area (Å²) in [5, 5.41) is 2.84. The number of nitrogens with one attached hydrogen (secondary N) is 1. The number of nitrogens with zero attached hydrogens (tertiary/aromatic N) is 1. The second-order valence-corrected chi connectivity index (χ2v) is 7.21. The molecule has 29 heavy (non-hydrogen) atoms. The van der Waals surface area contributed by atoms with E-state index in [1.54, 1.807) is 6.92 Å². The summed E-state index contributed by atoms with van der Waals surface area (Å²) in [6.07, 6.45) is 1.25. The number of carbonyl (C=O) groups excluding carboxylic acids is 2. The summed E-state index contributed by atoms with van der Waals surface area (Å²) < 4.78 is 11.2. The monoisotopic (exact) mass is 398 g/mol. The molecule has 0 spiro atoms. The van der Waals surface area contributed by atoms with E-state index in [1.165, 1.54) is 0 Å². The molecule has 0 unspecified atom stereocenters. The van der Waals surface area contributed by atoms with E-state index in [0.717, 1.165) is 29.8 Å². The van der Waals surface area contributed by atoms with Crippen molar-refractivity contribution in [2.75, 3.05) is 33.9 Å². The number of likely N-dealkylation sites (N-methyl/N-ethyl adjacent to an activating group) is 1. The first-order chi connectivity index (χ1) is 13.9. The van der Waals surface area contributed by atoms with Gasteiger partial charge in [0.1, 0.15) is 23.9 Å². The molecule has 0 aliphatic carbocycles. The number of rotatable bonds is 12. The second-order valence-electron chi connectivity index (χ2n) is 7.21. The van der Waals surface area contributed by atoms with Crippen molar-refractivity contribution in [3.05, 3.63) is 59.7 Å². The predicted octanol–water partition coefficient (Wildman–Crippen LogP) is 2.84. The molecule has 1 amide bonds. The second kappa shape index (κ2) is 11.9. The average Bonchev–Trinajstić information content (AvgIpc) is 2.70. The zero-order chi connectivity index (χ0) is 21.1. The molecule has 0 bridgehead atoms. The first-order valence-electron chi connectivity index (χ1n) is 9.77. The Hall–Kier alpha value is -2.86. The number of carbonyl (C=O) groups is 2. The minimum absolute atomic E-state index is 0.0431. The number of ketones is 1. The fourth-order valence-corrected chi connectivity index (χ4v) is 2.52. The fourth-order valence-electron chi connectivity index (χ4n) is 2.52. The topological polar surface area (TPSA) is 67.9 Å². The Morgan fingerprint density at radius 1 is 0.897 bits per heavy atom. The van der Waals surface area contributed by atoms with E-state index in [2.05, 4.69) is 10.2 Å². The quantitative estimate of drug-likeness (QED) is 0.595. The molecular weight excluding hydrogens is 368 g/mol. The molecular formula is C23H30N2O4. The lowest BCUT2D eigenvalue weighted by molar-refractivity contribution is -0.123. The summed E-state index contributed by atoms with van der Waals surface area (Å²) in [4.78, 5) is 25.1. The third-order valence-corrected chi connectivity index (χ3v) is 4.28. The molecule has 2 aromatic carbocycles. The lowest BCUT2D eigenvalue weighted by Crippen LogP contribution is -2.28. The van der Waals surface area contributed by atoms with Crippen molar-refractivity contribution in [1.82, 2.24) is 10.2 Å². The largest absolute Gasteiger partial charge is 0.492 e. The third-order valence-electron chi connectivity index (χ3n) is 4.28. The Labute approximate surface area is 172 Å². The number of amides is 1. The van der Waals surface area contributed by atoms with Gasteiger partial charge in [0.05, 0.1) is 0 Å². The maximum Gasteiger partial charge on any atom is 0.258 e. The third kappa shape index (κ3) is 9.25. The molecule has 0 aromatic heterocycles. The minimum atomic E-state index is -0.183. The molecule has 1 N–H and O–H groups in total. The van der Waals surface area contributed by atoms with Crippen LogP contribution in [-0.4, -0.2) is 50.4 Å². The highest BCUT2D eigenvalue weighted by atomic mass is 16.5. The van der Waals surface area contributed by atoms with E-state index in [4.69, 9.17) is 9.47 Å². The van der Waals surface area contributed by atoms with Crippen molar-refractivity contribution in [1.29, 1.82) is 0 Å². The normalized spacial score (nSPS) is 10.6. The van der Waals surface area contributed by atoms with E-state index in [-0.39, 0.29) is 18.3 Å². The predicted molar refractivity (Wildman–Crippen MR) is 113 cm³/mol. The van der Waals surface area contributed by atoms with Crippen LogP contribution in [0, 0.1) is 0 Å². The highest BCUT2D eigenvalue weighted by Crippen LogP contribution is 2.14. The first kappa shape index (κ1) is 22.4. The van der Waals surface area contributed by atoms with E-state index >= 15 is 0 Å². The van der Waals surface area contributed by atoms with Gasteiger partial charge in [0.25, 0.3) is 5.91 Å². The van der Waals surface area contributed by atoms with Crippen LogP contribution in [-0.2, 0) is 22.6 Å². The lowest BCUT2D eigenvalue weighted by Gasteiger charge is -2.11. The van der Waals surface area contributed by atoms with Gasteiger partial charge in [0, 0.05) is 19.5 Å². The van der Waals surface area contributed by atoms with E-state index in [1.807, 2.05) is 62.6 Å². The summed E-state index contributed by atoms with van der Waals surface area (Å²) >= 11 is 0. The lowest BCUT2D eigenvalue weighted by atomic mass is 10.1. The summed E-state index contributed by atoms with van der Waals surface area (Å²) in [5.74, 6) is 1.44. The van der Waals surface area contributed by atoms with Crippen molar-refractivity contribution < 1.29 is 19.1 Å². The number of ether oxygens (including phenoxy) is 2. The maximum absolute atomic E-state index is 12.0. The zero-order valence-corrected chi connectivity index (χ0v) is 17.4. The molecule has 0 aliphatic heterocycles. The average molecular weight is 399 g/mol. The highest BCUT2D eigenvalue weighted by Gasteiger charge is 2.04. The standard InChI is InChI=1S/C23H30N2O4/c1-18(26)4-5-19-6-10-22(11-7-19)29-17-23(27)24-16-20-8-12-21(13-9-20)28-15-14-25(2)3/h6-13H,4-5,14-17H2,1-3H3,(H,24,27). The van der Waals surface area contributed by atoms with Gasteiger partial charge in [-0.2, -0.15) is 0 Å². The van der Waals surface area contributed by atoms with E-state index < -0.39 is 0 Å². The van der Waals surface area contributed by atoms with Crippen LogP contribution in [0.25, 0.3) is 0 Å². The molecule has 6 nitrogen and oxygen atoms in total. The number of benzene rings is 2. The van der Waals surface area contributed by atoms with Crippen LogP contribution in [0.5, 0.6) is 11.5 Å². The molecule has 2 rings (SSSR count). The van der Waals surface area contributed by atoms with Gasteiger partial charge >= 0.3 is 0 Å². The Morgan fingerprint density at radius 3 is 2.07 bits per heavy atom. The van der Waals surface area contributed by atoms with E-state index in [0.29, 0.717) is 25.3 Å². The summed E-state index contributed by atoms with van der Waals surface area (Å²) in [6.45, 7) is 3.48. The Kier molecular flexibility index (Phi) is 9.18. The number of hydrogen-bond donors (Lipinski definition) is 1. The SMILES string of the molecule is CC(=O)CCc1ccc(OCC(=O)NCc2ccc(OCCN(C)C)cc2)cc1. The molecule has 0 fully saturated rings. The first-order valence-corrected chi connectivity index (χ1v) is 9.77. The van der Waals surface area contributed by atoms with Crippen molar-refractivity contribution in [3.8, 4) is 11.5 Å². The molecule has 0 saturated carbocycles. The summed E-state index contributed by atoms with van der Waals surface area (Å²) in [5.41, 5.74) is 2.07. The number of Topliss-reactive ketones (excluding diaryl/α,β-unsaturated/α-hetero) is 1. The molecule has 0 radical (unpaired) electrons. The van der Waals surface area contributed by atoms with Gasteiger partial charge in [-0.25, -0.2) is 0 Å². The van der Waals surface area contributed by atoms with Crippen molar-refractivity contribution in [2.24, 2.45) is 0 Å². The molecule has 0 saturated heterocycles.